The lowest BCUT2D eigenvalue weighted by Gasteiger charge is -2.14. The van der Waals surface area contributed by atoms with E-state index in [1.54, 1.807) is 18.4 Å². The Labute approximate surface area is 117 Å². The highest BCUT2D eigenvalue weighted by Crippen LogP contribution is 2.29. The molecule has 0 saturated heterocycles. The second kappa shape index (κ2) is 6.04. The smallest absolute Gasteiger partial charge is 0.131 e. The molecule has 0 amide bonds. The van der Waals surface area contributed by atoms with E-state index < -0.39 is 0 Å². The van der Waals surface area contributed by atoms with Gasteiger partial charge in [0.05, 0.1) is 17.8 Å². The number of methoxy groups -OCH3 is 1. The summed E-state index contributed by atoms with van der Waals surface area (Å²) in [6.45, 7) is 4.35. The lowest BCUT2D eigenvalue weighted by atomic mass is 10.1. The Balaban J connectivity index is 2.17. The van der Waals surface area contributed by atoms with E-state index in [0.717, 1.165) is 27.8 Å². The second-order valence-electron chi connectivity index (χ2n) is 4.34. The van der Waals surface area contributed by atoms with Gasteiger partial charge in [0.25, 0.3) is 0 Å². The van der Waals surface area contributed by atoms with Gasteiger partial charge in [0, 0.05) is 23.1 Å². The molecule has 0 aliphatic heterocycles. The van der Waals surface area contributed by atoms with Gasteiger partial charge in [0.15, 0.2) is 0 Å². The molecule has 0 aliphatic rings. The number of benzene rings is 1. The summed E-state index contributed by atoms with van der Waals surface area (Å²) in [4.78, 5) is 4.37. The predicted molar refractivity (Wildman–Crippen MR) is 76.8 cm³/mol. The van der Waals surface area contributed by atoms with E-state index in [2.05, 4.69) is 4.98 Å². The summed E-state index contributed by atoms with van der Waals surface area (Å²) >= 11 is 1.62. The summed E-state index contributed by atoms with van der Waals surface area (Å²) in [7, 11) is 1.63. The van der Waals surface area contributed by atoms with Crippen LogP contribution in [0, 0.1) is 6.92 Å². The summed E-state index contributed by atoms with van der Waals surface area (Å²) in [5, 5.41) is 3.04. The van der Waals surface area contributed by atoms with Crippen molar-refractivity contribution in [3.05, 3.63) is 39.8 Å². The highest BCUT2D eigenvalue weighted by molar-refractivity contribution is 7.09. The van der Waals surface area contributed by atoms with E-state index in [-0.39, 0.29) is 6.04 Å². The van der Waals surface area contributed by atoms with E-state index in [1.165, 1.54) is 0 Å². The first-order valence-corrected chi connectivity index (χ1v) is 6.95. The third kappa shape index (κ3) is 3.45. The molecule has 4 nitrogen and oxygen atoms in total. The SMILES string of the molecule is COc1ccc([C@@H](C)N)c(OCc2csc(C)n2)c1. The number of rotatable bonds is 5. The van der Waals surface area contributed by atoms with Gasteiger partial charge in [-0.3, -0.25) is 0 Å². The molecule has 19 heavy (non-hydrogen) atoms. The molecule has 2 rings (SSSR count). The van der Waals surface area contributed by atoms with E-state index in [9.17, 15) is 0 Å². The Morgan fingerprint density at radius 1 is 1.42 bits per heavy atom. The van der Waals surface area contributed by atoms with Gasteiger partial charge < -0.3 is 15.2 Å². The average molecular weight is 278 g/mol. The van der Waals surface area contributed by atoms with Crippen LogP contribution < -0.4 is 15.2 Å². The largest absolute Gasteiger partial charge is 0.497 e. The minimum Gasteiger partial charge on any atom is -0.497 e. The van der Waals surface area contributed by atoms with Crippen LogP contribution in [0.1, 0.15) is 29.2 Å². The Hall–Kier alpha value is -1.59. The minimum atomic E-state index is -0.0851. The Kier molecular flexibility index (Phi) is 4.39. The number of aromatic nitrogens is 1. The third-order valence-corrected chi connectivity index (χ3v) is 3.58. The average Bonchev–Trinajstić information content (AvgIpc) is 2.81. The first kappa shape index (κ1) is 13.8. The fourth-order valence-electron chi connectivity index (χ4n) is 1.77. The second-order valence-corrected chi connectivity index (χ2v) is 5.40. The Bertz CT molecular complexity index is 552. The van der Waals surface area contributed by atoms with E-state index in [0.29, 0.717) is 6.61 Å². The quantitative estimate of drug-likeness (QED) is 0.913. The molecule has 0 unspecified atom stereocenters. The lowest BCUT2D eigenvalue weighted by Crippen LogP contribution is -2.08. The highest BCUT2D eigenvalue weighted by Gasteiger charge is 2.10. The van der Waals surface area contributed by atoms with Gasteiger partial charge in [-0.2, -0.15) is 0 Å². The number of hydrogen-bond donors (Lipinski definition) is 1. The summed E-state index contributed by atoms with van der Waals surface area (Å²) in [5.41, 5.74) is 7.84. The van der Waals surface area contributed by atoms with Crippen molar-refractivity contribution in [2.45, 2.75) is 26.5 Å². The van der Waals surface area contributed by atoms with Gasteiger partial charge in [0.2, 0.25) is 0 Å². The van der Waals surface area contributed by atoms with Gasteiger partial charge in [-0.25, -0.2) is 4.98 Å². The fraction of sp³-hybridized carbons (Fsp3) is 0.357. The molecule has 0 aliphatic carbocycles. The summed E-state index contributed by atoms with van der Waals surface area (Å²) in [6, 6.07) is 5.60. The molecule has 1 heterocycles. The van der Waals surface area contributed by atoms with Crippen molar-refractivity contribution >= 4 is 11.3 Å². The fourth-order valence-corrected chi connectivity index (χ4v) is 2.37. The van der Waals surface area contributed by atoms with Crippen molar-refractivity contribution in [3.63, 3.8) is 0 Å². The molecular weight excluding hydrogens is 260 g/mol. The zero-order chi connectivity index (χ0) is 13.8. The molecule has 2 aromatic rings. The molecule has 1 atom stereocenters. The van der Waals surface area contributed by atoms with E-state index >= 15 is 0 Å². The number of hydrogen-bond acceptors (Lipinski definition) is 5. The van der Waals surface area contributed by atoms with Crippen molar-refractivity contribution < 1.29 is 9.47 Å². The standard InChI is InChI=1S/C14H18N2O2S/c1-9(15)13-5-4-12(17-3)6-14(13)18-7-11-8-19-10(2)16-11/h4-6,8-9H,7,15H2,1-3H3/t9-/m1/s1. The summed E-state index contributed by atoms with van der Waals surface area (Å²) in [5.74, 6) is 1.51. The molecular formula is C14H18N2O2S. The number of nitrogens with zero attached hydrogens (tertiary/aromatic N) is 1. The molecule has 0 spiro atoms. The lowest BCUT2D eigenvalue weighted by molar-refractivity contribution is 0.295. The number of aryl methyl sites for hydroxylation is 1. The van der Waals surface area contributed by atoms with Crippen LogP contribution in [0.15, 0.2) is 23.6 Å². The van der Waals surface area contributed by atoms with Crippen LogP contribution in [0.3, 0.4) is 0 Å². The molecule has 0 saturated carbocycles. The first-order chi connectivity index (χ1) is 9.10. The Morgan fingerprint density at radius 3 is 2.79 bits per heavy atom. The molecule has 0 bridgehead atoms. The molecule has 0 radical (unpaired) electrons. The van der Waals surface area contributed by atoms with Crippen molar-refractivity contribution in [1.82, 2.24) is 4.98 Å². The number of nitrogens with two attached hydrogens (primary N) is 1. The predicted octanol–water partition coefficient (Wildman–Crippen LogP) is 3.06. The zero-order valence-electron chi connectivity index (χ0n) is 11.3. The van der Waals surface area contributed by atoms with Gasteiger partial charge >= 0.3 is 0 Å². The van der Waals surface area contributed by atoms with Crippen molar-refractivity contribution in [3.8, 4) is 11.5 Å². The topological polar surface area (TPSA) is 57.4 Å². The van der Waals surface area contributed by atoms with Crippen LogP contribution in [0.5, 0.6) is 11.5 Å². The zero-order valence-corrected chi connectivity index (χ0v) is 12.2. The minimum absolute atomic E-state index is 0.0851. The maximum Gasteiger partial charge on any atom is 0.131 e. The van der Waals surface area contributed by atoms with Crippen LogP contribution >= 0.6 is 11.3 Å². The van der Waals surface area contributed by atoms with Crippen molar-refractivity contribution in [2.75, 3.05) is 7.11 Å². The van der Waals surface area contributed by atoms with Gasteiger partial charge in [0.1, 0.15) is 18.1 Å². The van der Waals surface area contributed by atoms with Gasteiger partial charge in [-0.15, -0.1) is 11.3 Å². The number of ether oxygens (including phenoxy) is 2. The Morgan fingerprint density at radius 2 is 2.21 bits per heavy atom. The monoisotopic (exact) mass is 278 g/mol. The molecule has 2 N–H and O–H groups in total. The number of thiazole rings is 1. The van der Waals surface area contributed by atoms with Crippen LogP contribution in [0.4, 0.5) is 0 Å². The maximum atomic E-state index is 5.94. The van der Waals surface area contributed by atoms with E-state index in [4.69, 9.17) is 15.2 Å². The van der Waals surface area contributed by atoms with Crippen LogP contribution in [-0.2, 0) is 6.61 Å². The third-order valence-electron chi connectivity index (χ3n) is 2.75. The first-order valence-electron chi connectivity index (χ1n) is 6.07. The van der Waals surface area contributed by atoms with E-state index in [1.807, 2.05) is 37.4 Å². The molecule has 102 valence electrons. The van der Waals surface area contributed by atoms with Gasteiger partial charge in [-0.05, 0) is 19.9 Å². The summed E-state index contributed by atoms with van der Waals surface area (Å²) in [6.07, 6.45) is 0. The molecule has 5 heteroatoms. The molecule has 0 fully saturated rings. The van der Waals surface area contributed by atoms with Crippen LogP contribution in [-0.4, -0.2) is 12.1 Å². The van der Waals surface area contributed by atoms with Crippen molar-refractivity contribution in [2.24, 2.45) is 5.73 Å². The normalized spacial score (nSPS) is 12.2. The summed E-state index contributed by atoms with van der Waals surface area (Å²) < 4.78 is 11.0. The maximum absolute atomic E-state index is 5.94. The molecule has 1 aromatic carbocycles. The van der Waals surface area contributed by atoms with Crippen LogP contribution in [0.25, 0.3) is 0 Å². The molecule has 1 aromatic heterocycles. The van der Waals surface area contributed by atoms with Gasteiger partial charge in [-0.1, -0.05) is 6.07 Å². The highest BCUT2D eigenvalue weighted by atomic mass is 32.1. The van der Waals surface area contributed by atoms with Crippen LogP contribution in [0.2, 0.25) is 0 Å². The van der Waals surface area contributed by atoms with Crippen molar-refractivity contribution in [1.29, 1.82) is 0 Å².